The molecule has 0 saturated heterocycles. The fraction of sp³-hybridized carbons (Fsp3) is 0.200. The van der Waals surface area contributed by atoms with Gasteiger partial charge in [-0.05, 0) is 60.5 Å². The van der Waals surface area contributed by atoms with Gasteiger partial charge in [-0.3, -0.25) is 9.79 Å². The van der Waals surface area contributed by atoms with Gasteiger partial charge >= 0.3 is 6.18 Å². The summed E-state index contributed by atoms with van der Waals surface area (Å²) < 4.78 is 39.3. The minimum atomic E-state index is -4.44. The van der Waals surface area contributed by atoms with Gasteiger partial charge in [0.1, 0.15) is 5.84 Å². The Balaban J connectivity index is 1.85. The fourth-order valence-electron chi connectivity index (χ4n) is 3.31. The molecule has 4 rings (SSSR count). The molecular formula is C20H14ClF3N2O. The van der Waals surface area contributed by atoms with Gasteiger partial charge in [-0.2, -0.15) is 13.2 Å². The Morgan fingerprint density at radius 3 is 2.56 bits per heavy atom. The molecule has 0 amide bonds. The zero-order valence-corrected chi connectivity index (χ0v) is 14.8. The molecule has 2 aromatic rings. The van der Waals surface area contributed by atoms with E-state index in [0.29, 0.717) is 46.3 Å². The van der Waals surface area contributed by atoms with Gasteiger partial charge in [0.15, 0.2) is 5.78 Å². The first-order valence-electron chi connectivity index (χ1n) is 8.40. The standard InChI is InChI=1S/C20H14ClF3N2O/c21-15-5-2-12(3-6-15)18(27)16-11-13-10-14(20(22,23)24)4-7-17(13)26-9-1-8-25-19(16)26/h2-7,10-11H,1,8-9H2. The van der Waals surface area contributed by atoms with E-state index in [0.717, 1.165) is 18.6 Å². The summed E-state index contributed by atoms with van der Waals surface area (Å²) in [6.07, 6.45) is -2.17. The van der Waals surface area contributed by atoms with Gasteiger partial charge in [0.2, 0.25) is 0 Å². The second kappa shape index (κ2) is 6.53. The molecule has 2 aliphatic heterocycles. The third kappa shape index (κ3) is 3.25. The minimum Gasteiger partial charge on any atom is -0.325 e. The Bertz CT molecular complexity index is 978. The number of anilines is 1. The SMILES string of the molecule is O=C(C1=Cc2cc(C(F)(F)F)ccc2N2CCCN=C12)c1ccc(Cl)cc1. The van der Waals surface area contributed by atoms with Crippen LogP contribution in [0.15, 0.2) is 53.0 Å². The lowest BCUT2D eigenvalue weighted by atomic mass is 9.93. The van der Waals surface area contributed by atoms with Gasteiger partial charge in [0, 0.05) is 29.4 Å². The van der Waals surface area contributed by atoms with Crippen molar-refractivity contribution in [1.82, 2.24) is 0 Å². The van der Waals surface area contributed by atoms with Gasteiger partial charge < -0.3 is 4.90 Å². The lowest BCUT2D eigenvalue weighted by Crippen LogP contribution is -2.41. The quantitative estimate of drug-likeness (QED) is 0.656. The third-order valence-corrected chi connectivity index (χ3v) is 4.85. The zero-order chi connectivity index (χ0) is 19.2. The number of hydrogen-bond donors (Lipinski definition) is 0. The molecule has 27 heavy (non-hydrogen) atoms. The van der Waals surface area contributed by atoms with Crippen LogP contribution in [0, 0.1) is 0 Å². The van der Waals surface area contributed by atoms with Crippen molar-refractivity contribution in [1.29, 1.82) is 0 Å². The maximum absolute atomic E-state index is 13.1. The molecule has 2 heterocycles. The summed E-state index contributed by atoms with van der Waals surface area (Å²) in [6.45, 7) is 1.18. The molecule has 0 fully saturated rings. The van der Waals surface area contributed by atoms with Crippen LogP contribution < -0.4 is 4.90 Å². The first-order chi connectivity index (χ1) is 12.8. The van der Waals surface area contributed by atoms with Crippen LogP contribution in [0.2, 0.25) is 5.02 Å². The summed E-state index contributed by atoms with van der Waals surface area (Å²) in [7, 11) is 0. The fourth-order valence-corrected chi connectivity index (χ4v) is 3.43. The Hall–Kier alpha value is -2.60. The van der Waals surface area contributed by atoms with Gasteiger partial charge in [-0.25, -0.2) is 0 Å². The van der Waals surface area contributed by atoms with E-state index in [-0.39, 0.29) is 5.78 Å². The molecule has 0 bridgehead atoms. The van der Waals surface area contributed by atoms with Crippen LogP contribution in [-0.4, -0.2) is 24.7 Å². The first-order valence-corrected chi connectivity index (χ1v) is 8.78. The van der Waals surface area contributed by atoms with Crippen LogP contribution in [-0.2, 0) is 6.18 Å². The smallest absolute Gasteiger partial charge is 0.325 e. The average molecular weight is 391 g/mol. The molecule has 7 heteroatoms. The lowest BCUT2D eigenvalue weighted by molar-refractivity contribution is -0.137. The second-order valence-corrected chi connectivity index (χ2v) is 6.81. The van der Waals surface area contributed by atoms with E-state index in [1.165, 1.54) is 12.1 Å². The number of rotatable bonds is 2. The van der Waals surface area contributed by atoms with Crippen LogP contribution >= 0.6 is 11.6 Å². The van der Waals surface area contributed by atoms with Gasteiger partial charge in [0.25, 0.3) is 0 Å². The van der Waals surface area contributed by atoms with Gasteiger partial charge in [-0.1, -0.05) is 11.6 Å². The Morgan fingerprint density at radius 2 is 1.85 bits per heavy atom. The van der Waals surface area contributed by atoms with Crippen LogP contribution in [0.4, 0.5) is 18.9 Å². The molecule has 3 nitrogen and oxygen atoms in total. The lowest BCUT2D eigenvalue weighted by Gasteiger charge is -2.35. The highest BCUT2D eigenvalue weighted by Crippen LogP contribution is 2.38. The number of ketones is 1. The predicted molar refractivity (Wildman–Crippen MR) is 99.5 cm³/mol. The molecule has 0 saturated carbocycles. The number of Topliss-reactive ketones (excluding diaryl/α,β-unsaturated/α-hetero) is 1. The highest BCUT2D eigenvalue weighted by Gasteiger charge is 2.34. The van der Waals surface area contributed by atoms with E-state index in [1.54, 1.807) is 24.3 Å². The predicted octanol–water partition coefficient (Wildman–Crippen LogP) is 5.25. The number of alkyl halides is 3. The van der Waals surface area contributed by atoms with Crippen molar-refractivity contribution >= 4 is 35.0 Å². The summed E-state index contributed by atoms with van der Waals surface area (Å²) in [5.41, 5.74) is 0.962. The molecule has 0 unspecified atom stereocenters. The molecule has 0 N–H and O–H groups in total. The highest BCUT2D eigenvalue weighted by atomic mass is 35.5. The number of amidine groups is 1. The van der Waals surface area contributed by atoms with Gasteiger partial charge in [0.05, 0.1) is 11.1 Å². The van der Waals surface area contributed by atoms with Crippen molar-refractivity contribution in [2.75, 3.05) is 18.0 Å². The molecule has 0 spiro atoms. The normalized spacial score (nSPS) is 16.2. The summed E-state index contributed by atoms with van der Waals surface area (Å²) >= 11 is 5.88. The molecule has 138 valence electrons. The maximum Gasteiger partial charge on any atom is 0.416 e. The summed E-state index contributed by atoms with van der Waals surface area (Å²) in [5, 5.41) is 0.501. The molecule has 0 atom stereocenters. The average Bonchev–Trinajstić information content (AvgIpc) is 2.66. The van der Waals surface area contributed by atoms with E-state index in [2.05, 4.69) is 4.99 Å². The monoisotopic (exact) mass is 390 g/mol. The van der Waals surface area contributed by atoms with Crippen molar-refractivity contribution in [3.05, 3.63) is 69.8 Å². The molecule has 0 aliphatic carbocycles. The van der Waals surface area contributed by atoms with E-state index in [9.17, 15) is 18.0 Å². The van der Waals surface area contributed by atoms with Crippen molar-refractivity contribution in [2.24, 2.45) is 4.99 Å². The Kier molecular flexibility index (Phi) is 4.30. The molecule has 2 aliphatic rings. The van der Waals surface area contributed by atoms with E-state index in [4.69, 9.17) is 11.6 Å². The number of carbonyl (C=O) groups excluding carboxylic acids is 1. The van der Waals surface area contributed by atoms with Gasteiger partial charge in [-0.15, -0.1) is 0 Å². The summed E-state index contributed by atoms with van der Waals surface area (Å²) in [6, 6.07) is 9.99. The maximum atomic E-state index is 13.1. The van der Waals surface area contributed by atoms with Crippen LogP contribution in [0.5, 0.6) is 0 Å². The van der Waals surface area contributed by atoms with Crippen LogP contribution in [0.3, 0.4) is 0 Å². The number of carbonyl (C=O) groups is 1. The number of fused-ring (bicyclic) bond motifs is 3. The number of hydrogen-bond acceptors (Lipinski definition) is 3. The Labute approximate surface area is 158 Å². The number of nitrogens with zero attached hydrogens (tertiary/aromatic N) is 2. The van der Waals surface area contributed by atoms with Crippen molar-refractivity contribution in [3.8, 4) is 0 Å². The summed E-state index contributed by atoms with van der Waals surface area (Å²) in [5.74, 6) is 0.217. The van der Waals surface area contributed by atoms with Crippen molar-refractivity contribution in [2.45, 2.75) is 12.6 Å². The second-order valence-electron chi connectivity index (χ2n) is 6.38. The van der Waals surface area contributed by atoms with E-state index < -0.39 is 11.7 Å². The summed E-state index contributed by atoms with van der Waals surface area (Å²) in [4.78, 5) is 19.3. The molecular weight excluding hydrogens is 377 g/mol. The molecule has 0 aromatic heterocycles. The minimum absolute atomic E-state index is 0.291. The number of benzene rings is 2. The molecule has 2 aromatic carbocycles. The van der Waals surface area contributed by atoms with Crippen LogP contribution in [0.1, 0.15) is 27.9 Å². The van der Waals surface area contributed by atoms with E-state index >= 15 is 0 Å². The third-order valence-electron chi connectivity index (χ3n) is 4.59. The first kappa shape index (κ1) is 17.8. The highest BCUT2D eigenvalue weighted by molar-refractivity contribution is 6.35. The number of halogens is 4. The van der Waals surface area contributed by atoms with E-state index in [1.807, 2.05) is 4.90 Å². The molecule has 0 radical (unpaired) electrons. The number of aliphatic imine (C=N–C) groups is 1. The van der Waals surface area contributed by atoms with Crippen molar-refractivity contribution < 1.29 is 18.0 Å². The largest absolute Gasteiger partial charge is 0.416 e. The van der Waals surface area contributed by atoms with Crippen LogP contribution in [0.25, 0.3) is 6.08 Å². The Morgan fingerprint density at radius 1 is 1.11 bits per heavy atom. The topological polar surface area (TPSA) is 32.7 Å². The zero-order valence-electron chi connectivity index (χ0n) is 14.1. The van der Waals surface area contributed by atoms with Crippen molar-refractivity contribution in [3.63, 3.8) is 0 Å².